The third-order valence-corrected chi connectivity index (χ3v) is 5.84. The second-order valence-electron chi connectivity index (χ2n) is 7.17. The molecule has 2 aromatic heterocycles. The van der Waals surface area contributed by atoms with E-state index in [4.69, 9.17) is 16.1 Å². The van der Waals surface area contributed by atoms with Gasteiger partial charge >= 0.3 is 0 Å². The summed E-state index contributed by atoms with van der Waals surface area (Å²) in [6.07, 6.45) is 1.07. The number of amides is 1. The lowest BCUT2D eigenvalue weighted by atomic mass is 9.88. The van der Waals surface area contributed by atoms with E-state index in [0.29, 0.717) is 23.3 Å². The molecular weight excluding hydrogens is 342 g/mol. The number of carbonyl (C=O) groups excluding carboxylic acids is 1. The average Bonchev–Trinajstić information content (AvgIpc) is 3.25. The Labute approximate surface area is 151 Å². The molecule has 2 aliphatic heterocycles. The normalized spacial score (nSPS) is 24.2. The molecule has 4 heterocycles. The van der Waals surface area contributed by atoms with Gasteiger partial charge in [0, 0.05) is 51.9 Å². The summed E-state index contributed by atoms with van der Waals surface area (Å²) >= 11 is 6.49. The van der Waals surface area contributed by atoms with Crippen LogP contribution in [-0.2, 0) is 18.4 Å². The summed E-state index contributed by atoms with van der Waals surface area (Å²) in [6, 6.07) is 1.87. The Morgan fingerprint density at radius 2 is 2.16 bits per heavy atom. The predicted molar refractivity (Wildman–Crippen MR) is 93.0 cm³/mol. The van der Waals surface area contributed by atoms with Crippen LogP contribution in [0, 0.1) is 18.8 Å². The number of hydrogen-bond donors (Lipinski definition) is 0. The molecule has 2 atom stereocenters. The topological polar surface area (TPSA) is 67.4 Å². The highest BCUT2D eigenvalue weighted by atomic mass is 35.5. The molecule has 0 bridgehead atoms. The minimum absolute atomic E-state index is 0.104. The zero-order valence-corrected chi connectivity index (χ0v) is 15.5. The third kappa shape index (κ3) is 2.85. The minimum Gasteiger partial charge on any atom is -0.361 e. The van der Waals surface area contributed by atoms with Crippen LogP contribution in [0.15, 0.2) is 10.6 Å². The van der Waals surface area contributed by atoms with Crippen molar-refractivity contribution in [3.05, 3.63) is 22.5 Å². The van der Waals surface area contributed by atoms with E-state index in [2.05, 4.69) is 15.2 Å². The molecule has 1 amide bonds. The number of rotatable bonds is 3. The molecule has 8 heteroatoms. The lowest BCUT2D eigenvalue weighted by molar-refractivity contribution is -0.137. The first kappa shape index (κ1) is 16.6. The van der Waals surface area contributed by atoms with E-state index >= 15 is 0 Å². The van der Waals surface area contributed by atoms with Crippen LogP contribution in [0.5, 0.6) is 0 Å². The van der Waals surface area contributed by atoms with E-state index in [9.17, 15) is 4.79 Å². The van der Waals surface area contributed by atoms with Crippen molar-refractivity contribution >= 4 is 17.5 Å². The van der Waals surface area contributed by atoms with Gasteiger partial charge in [-0.2, -0.15) is 5.10 Å². The van der Waals surface area contributed by atoms with Gasteiger partial charge in [-0.1, -0.05) is 16.8 Å². The predicted octanol–water partition coefficient (Wildman–Crippen LogP) is 1.95. The van der Waals surface area contributed by atoms with Gasteiger partial charge in [0.05, 0.1) is 5.92 Å². The van der Waals surface area contributed by atoms with Gasteiger partial charge in [0.25, 0.3) is 0 Å². The average molecular weight is 364 g/mol. The maximum atomic E-state index is 12.4. The molecule has 0 aromatic carbocycles. The van der Waals surface area contributed by atoms with E-state index in [1.807, 2.05) is 32.0 Å². The molecule has 2 fully saturated rings. The molecular formula is C17H22ClN5O2. The maximum Gasteiger partial charge on any atom is 0.227 e. The first-order valence-corrected chi connectivity index (χ1v) is 8.94. The molecule has 7 nitrogen and oxygen atoms in total. The van der Waals surface area contributed by atoms with Crippen molar-refractivity contribution in [2.45, 2.75) is 19.9 Å². The van der Waals surface area contributed by atoms with Gasteiger partial charge in [-0.05, 0) is 19.3 Å². The van der Waals surface area contributed by atoms with E-state index in [1.54, 1.807) is 4.68 Å². The van der Waals surface area contributed by atoms with E-state index < -0.39 is 0 Å². The zero-order valence-electron chi connectivity index (χ0n) is 14.7. The summed E-state index contributed by atoms with van der Waals surface area (Å²) in [6.45, 7) is 5.07. The van der Waals surface area contributed by atoms with Crippen molar-refractivity contribution in [1.29, 1.82) is 0 Å². The number of carbonyl (C=O) groups is 1. The Balaban J connectivity index is 1.58. The van der Waals surface area contributed by atoms with Crippen LogP contribution in [-0.4, -0.2) is 57.3 Å². The molecule has 4 rings (SSSR count). The molecule has 0 N–H and O–H groups in total. The van der Waals surface area contributed by atoms with Crippen molar-refractivity contribution in [3.8, 4) is 11.4 Å². The number of halogens is 1. The quantitative estimate of drug-likeness (QED) is 0.833. The molecule has 134 valence electrons. The standard InChI is InChI=1S/C17H22ClN5O2/c1-10-6-14(20-25-10)15-13(16(18)22(3)19-15)9-23-7-11-4-5-21(2)17(24)12(11)8-23/h6,11-12H,4-5,7-9H2,1-3H3/t11-,12+/m1/s1. The highest BCUT2D eigenvalue weighted by Crippen LogP contribution is 2.35. The Hall–Kier alpha value is -1.86. The van der Waals surface area contributed by atoms with Gasteiger partial charge in [0.2, 0.25) is 5.91 Å². The van der Waals surface area contributed by atoms with Crippen LogP contribution in [0.1, 0.15) is 17.7 Å². The fourth-order valence-electron chi connectivity index (χ4n) is 4.01. The third-order valence-electron chi connectivity index (χ3n) is 5.37. The van der Waals surface area contributed by atoms with Gasteiger partial charge in [-0.3, -0.25) is 14.4 Å². The fourth-order valence-corrected chi connectivity index (χ4v) is 4.20. The van der Waals surface area contributed by atoms with Crippen molar-refractivity contribution in [2.75, 3.05) is 26.7 Å². The first-order valence-electron chi connectivity index (χ1n) is 8.56. The number of fused-ring (bicyclic) bond motifs is 1. The van der Waals surface area contributed by atoms with Crippen molar-refractivity contribution < 1.29 is 9.32 Å². The minimum atomic E-state index is 0.104. The maximum absolute atomic E-state index is 12.4. The van der Waals surface area contributed by atoms with E-state index in [0.717, 1.165) is 43.1 Å². The first-order chi connectivity index (χ1) is 11.9. The monoisotopic (exact) mass is 363 g/mol. The number of piperidine rings is 1. The summed E-state index contributed by atoms with van der Waals surface area (Å²) in [5.41, 5.74) is 2.39. The lowest BCUT2D eigenvalue weighted by Crippen LogP contribution is -2.42. The van der Waals surface area contributed by atoms with Gasteiger partial charge < -0.3 is 9.42 Å². The SMILES string of the molecule is Cc1cc(-c2nn(C)c(Cl)c2CN2C[C@H]3CCN(C)C(=O)[C@H]3C2)no1. The van der Waals surface area contributed by atoms with Crippen molar-refractivity contribution in [3.63, 3.8) is 0 Å². The van der Waals surface area contributed by atoms with Gasteiger partial charge in [-0.25, -0.2) is 0 Å². The van der Waals surface area contributed by atoms with Crippen LogP contribution in [0.2, 0.25) is 5.15 Å². The van der Waals surface area contributed by atoms with Crippen LogP contribution in [0.4, 0.5) is 0 Å². The molecule has 0 unspecified atom stereocenters. The molecule has 0 radical (unpaired) electrons. The molecule has 0 aliphatic carbocycles. The highest BCUT2D eigenvalue weighted by Gasteiger charge is 2.42. The second-order valence-corrected chi connectivity index (χ2v) is 7.53. The summed E-state index contributed by atoms with van der Waals surface area (Å²) in [7, 11) is 3.72. The number of nitrogens with zero attached hydrogens (tertiary/aromatic N) is 5. The Kier molecular flexibility index (Phi) is 4.08. The molecule has 25 heavy (non-hydrogen) atoms. The van der Waals surface area contributed by atoms with Crippen molar-refractivity contribution in [2.24, 2.45) is 18.9 Å². The molecule has 2 aromatic rings. The number of likely N-dealkylation sites (tertiary alicyclic amines) is 2. The molecule has 2 saturated heterocycles. The summed E-state index contributed by atoms with van der Waals surface area (Å²) in [4.78, 5) is 16.6. The molecule has 0 spiro atoms. The molecule has 0 saturated carbocycles. The summed E-state index contributed by atoms with van der Waals surface area (Å²) in [5.74, 6) is 1.55. The van der Waals surface area contributed by atoms with Crippen LogP contribution in [0.25, 0.3) is 11.4 Å². The summed E-state index contributed by atoms with van der Waals surface area (Å²) in [5, 5.41) is 9.20. The highest BCUT2D eigenvalue weighted by molar-refractivity contribution is 6.30. The Morgan fingerprint density at radius 3 is 2.88 bits per heavy atom. The fraction of sp³-hybridized carbons (Fsp3) is 0.588. The van der Waals surface area contributed by atoms with Gasteiger partial charge in [0.15, 0.2) is 0 Å². The van der Waals surface area contributed by atoms with E-state index in [-0.39, 0.29) is 11.8 Å². The van der Waals surface area contributed by atoms with Crippen LogP contribution < -0.4 is 0 Å². The lowest BCUT2D eigenvalue weighted by Gasteiger charge is -2.30. The second kappa shape index (κ2) is 6.14. The smallest absolute Gasteiger partial charge is 0.227 e. The van der Waals surface area contributed by atoms with Gasteiger partial charge in [-0.15, -0.1) is 0 Å². The molecule has 2 aliphatic rings. The van der Waals surface area contributed by atoms with Crippen molar-refractivity contribution in [1.82, 2.24) is 24.7 Å². The Morgan fingerprint density at radius 1 is 1.36 bits per heavy atom. The van der Waals surface area contributed by atoms with Crippen LogP contribution in [0.3, 0.4) is 0 Å². The largest absolute Gasteiger partial charge is 0.361 e. The zero-order chi connectivity index (χ0) is 17.7. The van der Waals surface area contributed by atoms with Crippen LogP contribution >= 0.6 is 11.6 Å². The van der Waals surface area contributed by atoms with E-state index in [1.165, 1.54) is 0 Å². The van der Waals surface area contributed by atoms with Gasteiger partial charge in [0.1, 0.15) is 22.3 Å². The number of aryl methyl sites for hydroxylation is 2. The number of hydrogen-bond acceptors (Lipinski definition) is 5. The Bertz CT molecular complexity index is 814. The summed E-state index contributed by atoms with van der Waals surface area (Å²) < 4.78 is 6.85. The number of aromatic nitrogens is 3.